The molecule has 0 radical (unpaired) electrons. The van der Waals surface area contributed by atoms with Crippen LogP contribution in [-0.2, 0) is 0 Å². The van der Waals surface area contributed by atoms with Gasteiger partial charge >= 0.3 is 0 Å². The van der Waals surface area contributed by atoms with Crippen LogP contribution in [0, 0.1) is 0 Å². The molecular weight excluding hydrogens is 558 g/mol. The third kappa shape index (κ3) is 3.59. The smallest absolute Gasteiger partial charge is 0.161 e. The fourth-order valence-electron chi connectivity index (χ4n) is 7.56. The molecule has 0 amide bonds. The Bertz CT molecular complexity index is 2740. The summed E-state index contributed by atoms with van der Waals surface area (Å²) in [6, 6.07) is 59.1. The average molecular weight is 586 g/mol. The van der Waals surface area contributed by atoms with E-state index in [1.807, 2.05) is 6.07 Å². The van der Waals surface area contributed by atoms with Crippen molar-refractivity contribution in [1.82, 2.24) is 4.57 Å². The number of hydrogen-bond acceptors (Lipinski definition) is 1. The van der Waals surface area contributed by atoms with Crippen molar-refractivity contribution in [1.29, 1.82) is 0 Å². The zero-order valence-corrected chi connectivity index (χ0v) is 24.9. The van der Waals surface area contributed by atoms with Crippen molar-refractivity contribution in [2.75, 3.05) is 0 Å². The number of nitrogens with zero attached hydrogens (tertiary/aromatic N) is 1. The summed E-state index contributed by atoms with van der Waals surface area (Å²) in [6.45, 7) is 0. The monoisotopic (exact) mass is 585 g/mol. The molecule has 0 aliphatic heterocycles. The van der Waals surface area contributed by atoms with Gasteiger partial charge in [-0.1, -0.05) is 121 Å². The molecule has 10 aromatic rings. The summed E-state index contributed by atoms with van der Waals surface area (Å²) in [5.74, 6) is 0. The van der Waals surface area contributed by atoms with Gasteiger partial charge in [-0.3, -0.25) is 0 Å². The van der Waals surface area contributed by atoms with Gasteiger partial charge in [-0.25, -0.2) is 0 Å². The zero-order chi connectivity index (χ0) is 30.2. The zero-order valence-electron chi connectivity index (χ0n) is 24.9. The van der Waals surface area contributed by atoms with E-state index in [-0.39, 0.29) is 0 Å². The van der Waals surface area contributed by atoms with Gasteiger partial charge in [0.15, 0.2) is 5.58 Å². The lowest BCUT2D eigenvalue weighted by Gasteiger charge is -2.18. The summed E-state index contributed by atoms with van der Waals surface area (Å²) < 4.78 is 8.90. The molecule has 8 aromatic carbocycles. The molecular formula is C44H27NO. The van der Waals surface area contributed by atoms with E-state index in [4.69, 9.17) is 4.42 Å². The number of para-hydroxylation sites is 2. The summed E-state index contributed by atoms with van der Waals surface area (Å²) in [4.78, 5) is 0. The highest BCUT2D eigenvalue weighted by Crippen LogP contribution is 2.46. The van der Waals surface area contributed by atoms with Crippen molar-refractivity contribution in [3.63, 3.8) is 0 Å². The second-order valence-electron chi connectivity index (χ2n) is 12.1. The van der Waals surface area contributed by atoms with Gasteiger partial charge in [0.25, 0.3) is 0 Å². The van der Waals surface area contributed by atoms with Crippen LogP contribution >= 0.6 is 0 Å². The van der Waals surface area contributed by atoms with Gasteiger partial charge in [0.2, 0.25) is 0 Å². The fourth-order valence-corrected chi connectivity index (χ4v) is 7.56. The topological polar surface area (TPSA) is 18.1 Å². The van der Waals surface area contributed by atoms with Crippen molar-refractivity contribution in [2.24, 2.45) is 0 Å². The molecule has 2 nitrogen and oxygen atoms in total. The van der Waals surface area contributed by atoms with Crippen LogP contribution in [0.2, 0.25) is 0 Å². The molecule has 0 saturated heterocycles. The van der Waals surface area contributed by atoms with Crippen LogP contribution in [0.15, 0.2) is 168 Å². The summed E-state index contributed by atoms with van der Waals surface area (Å²) in [7, 11) is 0. The Hall–Kier alpha value is -6.12. The van der Waals surface area contributed by atoms with Crippen LogP contribution in [-0.4, -0.2) is 4.57 Å². The van der Waals surface area contributed by atoms with Crippen LogP contribution < -0.4 is 0 Å². The minimum Gasteiger partial charge on any atom is -0.454 e. The molecule has 46 heavy (non-hydrogen) atoms. The molecule has 0 saturated carbocycles. The molecule has 0 aliphatic carbocycles. The minimum absolute atomic E-state index is 0.907. The number of furan rings is 1. The van der Waals surface area contributed by atoms with Crippen LogP contribution in [0.1, 0.15) is 0 Å². The van der Waals surface area contributed by atoms with Crippen molar-refractivity contribution >= 4 is 65.3 Å². The first kappa shape index (κ1) is 25.2. The molecule has 0 aliphatic rings. The Morgan fingerprint density at radius 2 is 0.935 bits per heavy atom. The highest BCUT2D eigenvalue weighted by atomic mass is 16.3. The predicted molar refractivity (Wildman–Crippen MR) is 194 cm³/mol. The van der Waals surface area contributed by atoms with Crippen LogP contribution in [0.4, 0.5) is 0 Å². The lowest BCUT2D eigenvalue weighted by Crippen LogP contribution is -1.94. The maximum atomic E-state index is 6.53. The molecule has 2 heterocycles. The molecule has 0 N–H and O–H groups in total. The van der Waals surface area contributed by atoms with E-state index in [1.54, 1.807) is 0 Å². The van der Waals surface area contributed by atoms with Gasteiger partial charge in [-0.05, 0) is 97.0 Å². The third-order valence-corrected chi connectivity index (χ3v) is 9.55. The predicted octanol–water partition coefficient (Wildman–Crippen LogP) is 12.3. The molecule has 10 rings (SSSR count). The lowest BCUT2D eigenvalue weighted by molar-refractivity contribution is 0.673. The Morgan fingerprint density at radius 3 is 1.63 bits per heavy atom. The highest BCUT2D eigenvalue weighted by Gasteiger charge is 2.22. The second kappa shape index (κ2) is 9.69. The Kier molecular flexibility index (Phi) is 5.31. The normalized spacial score (nSPS) is 11.9. The highest BCUT2D eigenvalue weighted by molar-refractivity contribution is 6.23. The number of benzene rings is 8. The maximum Gasteiger partial charge on any atom is 0.161 e. The number of rotatable bonds is 3. The molecule has 0 unspecified atom stereocenters. The first-order valence-electron chi connectivity index (χ1n) is 15.8. The van der Waals surface area contributed by atoms with Crippen molar-refractivity contribution < 1.29 is 4.42 Å². The molecule has 2 aromatic heterocycles. The molecule has 0 bridgehead atoms. The van der Waals surface area contributed by atoms with Gasteiger partial charge in [-0.15, -0.1) is 0 Å². The van der Waals surface area contributed by atoms with E-state index < -0.39 is 0 Å². The fraction of sp³-hybridized carbons (Fsp3) is 0. The lowest BCUT2D eigenvalue weighted by atomic mass is 9.85. The van der Waals surface area contributed by atoms with E-state index in [2.05, 4.69) is 162 Å². The van der Waals surface area contributed by atoms with E-state index in [9.17, 15) is 0 Å². The van der Waals surface area contributed by atoms with E-state index >= 15 is 0 Å². The van der Waals surface area contributed by atoms with Gasteiger partial charge in [0.1, 0.15) is 11.1 Å². The van der Waals surface area contributed by atoms with Crippen LogP contribution in [0.5, 0.6) is 0 Å². The van der Waals surface area contributed by atoms with Crippen molar-refractivity contribution in [3.05, 3.63) is 164 Å². The number of aromatic nitrogens is 1. The Labute approximate surface area is 265 Å². The molecule has 2 heteroatoms. The molecule has 214 valence electrons. The van der Waals surface area contributed by atoms with Gasteiger partial charge in [-0.2, -0.15) is 0 Å². The number of fused-ring (bicyclic) bond motifs is 8. The quantitative estimate of drug-likeness (QED) is 0.189. The summed E-state index contributed by atoms with van der Waals surface area (Å²) in [5, 5.41) is 9.74. The van der Waals surface area contributed by atoms with Gasteiger partial charge in [0.05, 0.1) is 5.52 Å². The first-order valence-corrected chi connectivity index (χ1v) is 15.8. The Balaban J connectivity index is 1.31. The molecule has 0 spiro atoms. The second-order valence-corrected chi connectivity index (χ2v) is 12.1. The summed E-state index contributed by atoms with van der Waals surface area (Å²) >= 11 is 0. The van der Waals surface area contributed by atoms with E-state index in [0.717, 1.165) is 38.7 Å². The van der Waals surface area contributed by atoms with Crippen molar-refractivity contribution in [2.45, 2.75) is 0 Å². The largest absolute Gasteiger partial charge is 0.454 e. The minimum atomic E-state index is 0.907. The standard InChI is InChI=1S/C44H27NO/c1-2-14-32(15-3-1)45-39-27-31(24-25-37(39)44-43(45)38-20-10-11-21-40(38)46-44)42-35-18-8-6-16-33(35)41(34-17-7-9-19-36(34)42)30-23-22-28-12-4-5-13-29(28)26-30/h1-27H. The SMILES string of the molecule is c1ccc(-n2c3cc(-c4c5ccccc5c(-c5ccc6ccccc6c5)c5ccccc45)ccc3c3oc4ccccc4c32)cc1. The first-order chi connectivity index (χ1) is 22.8. The average Bonchev–Trinajstić information content (AvgIpc) is 3.65. The maximum absolute atomic E-state index is 6.53. The third-order valence-electron chi connectivity index (χ3n) is 9.55. The van der Waals surface area contributed by atoms with Crippen LogP contribution in [0.25, 0.3) is 93.2 Å². The summed E-state index contributed by atoms with van der Waals surface area (Å²) in [6.07, 6.45) is 0. The molecule has 0 fully saturated rings. The molecule has 0 atom stereocenters. The summed E-state index contributed by atoms with van der Waals surface area (Å²) in [5.41, 5.74) is 10.1. The van der Waals surface area contributed by atoms with Gasteiger partial charge in [0, 0.05) is 16.5 Å². The number of hydrogen-bond donors (Lipinski definition) is 0. The van der Waals surface area contributed by atoms with Gasteiger partial charge < -0.3 is 8.98 Å². The van der Waals surface area contributed by atoms with Crippen molar-refractivity contribution in [3.8, 4) is 27.9 Å². The van der Waals surface area contributed by atoms with E-state index in [1.165, 1.54) is 54.6 Å². The van der Waals surface area contributed by atoms with Crippen LogP contribution in [0.3, 0.4) is 0 Å². The van der Waals surface area contributed by atoms with E-state index in [0.29, 0.717) is 0 Å². The Morgan fingerprint density at radius 1 is 0.391 bits per heavy atom.